The van der Waals surface area contributed by atoms with E-state index in [1.807, 2.05) is 35.9 Å². The van der Waals surface area contributed by atoms with E-state index in [0.29, 0.717) is 18.7 Å². The molecular weight excluding hydrogens is 330 g/mol. The van der Waals surface area contributed by atoms with Crippen LogP contribution in [0.5, 0.6) is 0 Å². The first-order valence-electron chi connectivity index (χ1n) is 9.10. The first-order valence-corrected chi connectivity index (χ1v) is 9.10. The number of carbonyl (C=O) groups is 2. The Morgan fingerprint density at radius 2 is 2.00 bits per heavy atom. The van der Waals surface area contributed by atoms with Crippen molar-refractivity contribution in [2.24, 2.45) is 5.41 Å². The van der Waals surface area contributed by atoms with Crippen LogP contribution in [-0.2, 0) is 17.6 Å². The number of rotatable bonds is 3. The molecule has 1 fully saturated rings. The van der Waals surface area contributed by atoms with E-state index >= 15 is 0 Å². The van der Waals surface area contributed by atoms with Crippen LogP contribution in [0.2, 0.25) is 0 Å². The predicted molar refractivity (Wildman–Crippen MR) is 96.6 cm³/mol. The van der Waals surface area contributed by atoms with Gasteiger partial charge in [-0.3, -0.25) is 9.59 Å². The molecule has 0 radical (unpaired) electrons. The molecule has 1 amide bonds. The quantitative estimate of drug-likeness (QED) is 0.920. The molecular formula is C20H23N3O3. The van der Waals surface area contributed by atoms with Gasteiger partial charge in [-0.05, 0) is 51.2 Å². The van der Waals surface area contributed by atoms with Gasteiger partial charge in [-0.1, -0.05) is 18.2 Å². The van der Waals surface area contributed by atoms with Crippen molar-refractivity contribution in [1.29, 1.82) is 0 Å². The number of aliphatic carboxylic acids is 1. The number of aryl methyl sites for hydroxylation is 1. The largest absolute Gasteiger partial charge is 0.481 e. The third-order valence-electron chi connectivity index (χ3n) is 5.75. The molecule has 2 heterocycles. The van der Waals surface area contributed by atoms with E-state index < -0.39 is 11.4 Å². The molecule has 26 heavy (non-hydrogen) atoms. The van der Waals surface area contributed by atoms with Crippen LogP contribution >= 0.6 is 0 Å². The van der Waals surface area contributed by atoms with Gasteiger partial charge < -0.3 is 10.0 Å². The fourth-order valence-electron chi connectivity index (χ4n) is 4.07. The number of nitrogens with zero attached hydrogens (tertiary/aromatic N) is 3. The molecule has 1 aromatic carbocycles. The van der Waals surface area contributed by atoms with Crippen molar-refractivity contribution in [3.63, 3.8) is 0 Å². The summed E-state index contributed by atoms with van der Waals surface area (Å²) in [6.07, 6.45) is 3.27. The van der Waals surface area contributed by atoms with Gasteiger partial charge in [0.25, 0.3) is 5.91 Å². The molecule has 1 N–H and O–H groups in total. The number of benzene rings is 1. The molecule has 136 valence electrons. The summed E-state index contributed by atoms with van der Waals surface area (Å²) < 4.78 is 1.91. The Balaban J connectivity index is 1.71. The normalized spacial score (nSPS) is 21.8. The van der Waals surface area contributed by atoms with E-state index in [2.05, 4.69) is 5.10 Å². The summed E-state index contributed by atoms with van der Waals surface area (Å²) in [6, 6.07) is 8.03. The summed E-state index contributed by atoms with van der Waals surface area (Å²) in [5.41, 5.74) is 3.89. The molecule has 1 aromatic heterocycles. The van der Waals surface area contributed by atoms with Crippen LogP contribution in [0.15, 0.2) is 24.3 Å². The number of para-hydroxylation sites is 1. The molecule has 0 spiro atoms. The Kier molecular flexibility index (Phi) is 3.86. The number of carboxylic acids is 1. The summed E-state index contributed by atoms with van der Waals surface area (Å²) in [6.45, 7) is 4.46. The second-order valence-electron chi connectivity index (χ2n) is 7.67. The van der Waals surface area contributed by atoms with Crippen molar-refractivity contribution in [2.75, 3.05) is 13.1 Å². The Morgan fingerprint density at radius 3 is 2.69 bits per heavy atom. The standard InChI is InChI=1S/C20H23N3O3/c1-13-6-3-4-8-15(13)23-16-9-5-7-14(16)17(21-23)18(24)22-11-10-20(2,12-22)19(25)26/h3-4,6,8H,5,7,9-12H2,1-2H3,(H,25,26). The highest BCUT2D eigenvalue weighted by atomic mass is 16.4. The SMILES string of the molecule is Cc1ccccc1-n1nc(C(=O)N2CCC(C)(C(=O)O)C2)c2c1CCC2. The van der Waals surface area contributed by atoms with E-state index in [1.165, 1.54) is 0 Å². The first kappa shape index (κ1) is 16.8. The van der Waals surface area contributed by atoms with Gasteiger partial charge >= 0.3 is 5.97 Å². The number of hydrogen-bond acceptors (Lipinski definition) is 3. The first-order chi connectivity index (χ1) is 12.4. The minimum absolute atomic E-state index is 0.138. The molecule has 0 bridgehead atoms. The highest BCUT2D eigenvalue weighted by Gasteiger charge is 2.43. The van der Waals surface area contributed by atoms with Gasteiger partial charge in [0.05, 0.1) is 11.1 Å². The van der Waals surface area contributed by atoms with Crippen molar-refractivity contribution in [1.82, 2.24) is 14.7 Å². The zero-order valence-corrected chi connectivity index (χ0v) is 15.2. The molecule has 1 unspecified atom stereocenters. The van der Waals surface area contributed by atoms with E-state index in [0.717, 1.165) is 41.8 Å². The van der Waals surface area contributed by atoms with Gasteiger partial charge in [-0.15, -0.1) is 0 Å². The molecule has 6 heteroatoms. The van der Waals surface area contributed by atoms with Crippen molar-refractivity contribution >= 4 is 11.9 Å². The zero-order valence-electron chi connectivity index (χ0n) is 15.2. The maximum atomic E-state index is 13.1. The lowest BCUT2D eigenvalue weighted by Gasteiger charge is -2.19. The fraction of sp³-hybridized carbons (Fsp3) is 0.450. The number of hydrogen-bond donors (Lipinski definition) is 1. The lowest BCUT2D eigenvalue weighted by Crippen LogP contribution is -2.35. The van der Waals surface area contributed by atoms with Gasteiger partial charge in [0.15, 0.2) is 5.69 Å². The maximum absolute atomic E-state index is 13.1. The van der Waals surface area contributed by atoms with Crippen LogP contribution in [0.4, 0.5) is 0 Å². The molecule has 2 aromatic rings. The Labute approximate surface area is 152 Å². The van der Waals surface area contributed by atoms with Crippen LogP contribution in [0.1, 0.15) is 47.1 Å². The zero-order chi connectivity index (χ0) is 18.5. The third-order valence-corrected chi connectivity index (χ3v) is 5.75. The summed E-state index contributed by atoms with van der Waals surface area (Å²) in [4.78, 5) is 26.2. The van der Waals surface area contributed by atoms with Crippen LogP contribution < -0.4 is 0 Å². The van der Waals surface area contributed by atoms with Crippen molar-refractivity contribution in [3.05, 3.63) is 46.8 Å². The summed E-state index contributed by atoms with van der Waals surface area (Å²) in [7, 11) is 0. The van der Waals surface area contributed by atoms with Gasteiger partial charge in [-0.2, -0.15) is 5.10 Å². The van der Waals surface area contributed by atoms with Crippen LogP contribution in [0, 0.1) is 12.3 Å². The minimum Gasteiger partial charge on any atom is -0.481 e. The van der Waals surface area contributed by atoms with Gasteiger partial charge in [-0.25, -0.2) is 4.68 Å². The molecule has 2 aliphatic rings. The minimum atomic E-state index is -0.864. The van der Waals surface area contributed by atoms with E-state index in [4.69, 9.17) is 0 Å². The van der Waals surface area contributed by atoms with Crippen LogP contribution in [-0.4, -0.2) is 44.8 Å². The van der Waals surface area contributed by atoms with Gasteiger partial charge in [0.1, 0.15) is 0 Å². The number of fused-ring (bicyclic) bond motifs is 1. The number of aromatic nitrogens is 2. The molecule has 1 aliphatic carbocycles. The molecule has 1 atom stereocenters. The second kappa shape index (κ2) is 5.97. The third kappa shape index (κ3) is 2.52. The van der Waals surface area contributed by atoms with E-state index in [1.54, 1.807) is 11.8 Å². The number of amides is 1. The monoisotopic (exact) mass is 353 g/mol. The molecule has 0 saturated carbocycles. The van der Waals surface area contributed by atoms with E-state index in [9.17, 15) is 14.7 Å². The molecule has 1 saturated heterocycles. The van der Waals surface area contributed by atoms with Gasteiger partial charge in [0, 0.05) is 24.3 Å². The maximum Gasteiger partial charge on any atom is 0.311 e. The van der Waals surface area contributed by atoms with Gasteiger partial charge in [0.2, 0.25) is 0 Å². The second-order valence-corrected chi connectivity index (χ2v) is 7.67. The molecule has 1 aliphatic heterocycles. The summed E-state index contributed by atoms with van der Waals surface area (Å²) in [5.74, 6) is -0.982. The average molecular weight is 353 g/mol. The van der Waals surface area contributed by atoms with Crippen LogP contribution in [0.3, 0.4) is 0 Å². The Bertz CT molecular complexity index is 902. The smallest absolute Gasteiger partial charge is 0.311 e. The average Bonchev–Trinajstić information content (AvgIpc) is 3.30. The predicted octanol–water partition coefficient (Wildman–Crippen LogP) is 2.61. The highest BCUT2D eigenvalue weighted by Crippen LogP contribution is 2.34. The Morgan fingerprint density at radius 1 is 1.23 bits per heavy atom. The van der Waals surface area contributed by atoms with Crippen molar-refractivity contribution in [2.45, 2.75) is 39.5 Å². The van der Waals surface area contributed by atoms with Crippen molar-refractivity contribution < 1.29 is 14.7 Å². The number of likely N-dealkylation sites (tertiary alicyclic amines) is 1. The lowest BCUT2D eigenvalue weighted by atomic mass is 9.90. The highest BCUT2D eigenvalue weighted by molar-refractivity contribution is 5.95. The summed E-state index contributed by atoms with van der Waals surface area (Å²) >= 11 is 0. The topological polar surface area (TPSA) is 75.4 Å². The Hall–Kier alpha value is -2.63. The number of carboxylic acid groups (broad SMARTS) is 1. The fourth-order valence-corrected chi connectivity index (χ4v) is 4.07. The molecule has 6 nitrogen and oxygen atoms in total. The lowest BCUT2D eigenvalue weighted by molar-refractivity contribution is -0.147. The van der Waals surface area contributed by atoms with E-state index in [-0.39, 0.29) is 12.5 Å². The van der Waals surface area contributed by atoms with Crippen molar-refractivity contribution in [3.8, 4) is 5.69 Å². The van der Waals surface area contributed by atoms with Crippen LogP contribution in [0.25, 0.3) is 5.69 Å². The summed E-state index contributed by atoms with van der Waals surface area (Å²) in [5, 5.41) is 14.1. The number of carbonyl (C=O) groups excluding carboxylic acids is 1. The molecule has 4 rings (SSSR count).